The van der Waals surface area contributed by atoms with Gasteiger partial charge in [-0.25, -0.2) is 0 Å². The van der Waals surface area contributed by atoms with Crippen LogP contribution < -0.4 is 4.90 Å². The second-order valence-electron chi connectivity index (χ2n) is 16.5. The standard InChI is InChI=1S/C60H39N3O/c1-2-16-43(17-3-1)62-57-29-10-6-23-51(57)54-38-42(33-36-58(54)62)41-15-12-18-45(37-41)61(44-34-31-40(32-35-44)48-25-14-26-53-52-24-7-11-30-59(52)64-60(48)53)46-19-13-20-47(39-46)63-55-27-8-4-21-49(55)50-22-5-9-28-56(50)63/h1-39H. The van der Waals surface area contributed by atoms with Crippen molar-refractivity contribution in [2.24, 2.45) is 0 Å². The SMILES string of the molecule is c1ccc(-n2c3ccccc3c3cc(-c4cccc(N(c5ccc(-c6cccc7c6oc6ccccc67)cc5)c5cccc(-n6c7ccccc7c7ccccc76)c5)c4)ccc32)cc1. The number of benzene rings is 10. The smallest absolute Gasteiger partial charge is 0.143 e. The lowest BCUT2D eigenvalue weighted by Crippen LogP contribution is -2.10. The molecule has 0 amide bonds. The third kappa shape index (κ3) is 5.70. The number of para-hydroxylation sites is 6. The molecule has 64 heavy (non-hydrogen) atoms. The number of rotatable bonds is 7. The lowest BCUT2D eigenvalue weighted by atomic mass is 10.0. The summed E-state index contributed by atoms with van der Waals surface area (Å²) in [4.78, 5) is 2.38. The zero-order valence-corrected chi connectivity index (χ0v) is 34.8. The first-order chi connectivity index (χ1) is 31.7. The molecular weight excluding hydrogens is 779 g/mol. The number of furan rings is 1. The minimum Gasteiger partial charge on any atom is -0.455 e. The molecule has 13 aromatic rings. The van der Waals surface area contributed by atoms with Gasteiger partial charge in [0.05, 0.1) is 22.1 Å². The molecule has 0 spiro atoms. The molecule has 10 aromatic carbocycles. The van der Waals surface area contributed by atoms with E-state index in [0.29, 0.717) is 0 Å². The molecular formula is C60H39N3O. The highest BCUT2D eigenvalue weighted by Gasteiger charge is 2.19. The summed E-state index contributed by atoms with van der Waals surface area (Å²) in [7, 11) is 0. The second-order valence-corrected chi connectivity index (χ2v) is 16.5. The Morgan fingerprint density at radius 2 is 0.812 bits per heavy atom. The largest absolute Gasteiger partial charge is 0.455 e. The van der Waals surface area contributed by atoms with Gasteiger partial charge < -0.3 is 18.5 Å². The van der Waals surface area contributed by atoms with Crippen molar-refractivity contribution in [1.29, 1.82) is 0 Å². The average Bonchev–Trinajstić information content (AvgIpc) is 4.03. The molecule has 4 nitrogen and oxygen atoms in total. The van der Waals surface area contributed by atoms with Crippen LogP contribution in [0.15, 0.2) is 241 Å². The molecule has 0 N–H and O–H groups in total. The van der Waals surface area contributed by atoms with Crippen LogP contribution in [0.2, 0.25) is 0 Å². The van der Waals surface area contributed by atoms with Gasteiger partial charge in [0, 0.05) is 66.3 Å². The van der Waals surface area contributed by atoms with Crippen LogP contribution in [-0.2, 0) is 0 Å². The van der Waals surface area contributed by atoms with Gasteiger partial charge >= 0.3 is 0 Å². The molecule has 0 aliphatic rings. The first-order valence-electron chi connectivity index (χ1n) is 21.8. The molecule has 0 aliphatic carbocycles. The van der Waals surface area contributed by atoms with Gasteiger partial charge in [-0.2, -0.15) is 0 Å². The molecule has 0 saturated heterocycles. The number of hydrogen-bond acceptors (Lipinski definition) is 2. The Kier molecular flexibility index (Phi) is 8.18. The van der Waals surface area contributed by atoms with Crippen molar-refractivity contribution >= 4 is 82.6 Å². The molecule has 13 rings (SSSR count). The van der Waals surface area contributed by atoms with Crippen molar-refractivity contribution in [3.8, 4) is 33.6 Å². The van der Waals surface area contributed by atoms with E-state index in [1.807, 2.05) is 12.1 Å². The predicted octanol–water partition coefficient (Wildman–Crippen LogP) is 16.6. The van der Waals surface area contributed by atoms with Crippen molar-refractivity contribution in [1.82, 2.24) is 9.13 Å². The minimum absolute atomic E-state index is 0.900. The molecule has 0 aliphatic heterocycles. The van der Waals surface area contributed by atoms with E-state index in [1.54, 1.807) is 0 Å². The lowest BCUT2D eigenvalue weighted by Gasteiger charge is -2.27. The third-order valence-corrected chi connectivity index (χ3v) is 12.9. The van der Waals surface area contributed by atoms with Gasteiger partial charge in [0.2, 0.25) is 0 Å². The van der Waals surface area contributed by atoms with Gasteiger partial charge in [0.1, 0.15) is 11.2 Å². The summed E-state index contributed by atoms with van der Waals surface area (Å²) >= 11 is 0. The van der Waals surface area contributed by atoms with Crippen molar-refractivity contribution in [3.63, 3.8) is 0 Å². The van der Waals surface area contributed by atoms with E-state index in [9.17, 15) is 0 Å². The number of aromatic nitrogens is 2. The van der Waals surface area contributed by atoms with E-state index >= 15 is 0 Å². The van der Waals surface area contributed by atoms with Gasteiger partial charge in [-0.15, -0.1) is 0 Å². The van der Waals surface area contributed by atoms with Gasteiger partial charge in [-0.05, 0) is 108 Å². The van der Waals surface area contributed by atoms with Gasteiger partial charge in [-0.1, -0.05) is 146 Å². The summed E-state index contributed by atoms with van der Waals surface area (Å²) in [6.07, 6.45) is 0. The van der Waals surface area contributed by atoms with Crippen molar-refractivity contribution in [2.75, 3.05) is 4.90 Å². The summed E-state index contributed by atoms with van der Waals surface area (Å²) in [5.74, 6) is 0. The Morgan fingerprint density at radius 3 is 1.55 bits per heavy atom. The lowest BCUT2D eigenvalue weighted by molar-refractivity contribution is 0.670. The molecule has 4 heteroatoms. The number of nitrogens with zero attached hydrogens (tertiary/aromatic N) is 3. The predicted molar refractivity (Wildman–Crippen MR) is 268 cm³/mol. The zero-order valence-electron chi connectivity index (χ0n) is 34.8. The Bertz CT molecular complexity index is 3860. The maximum absolute atomic E-state index is 6.48. The minimum atomic E-state index is 0.900. The van der Waals surface area contributed by atoms with Crippen LogP contribution in [0.5, 0.6) is 0 Å². The highest BCUT2D eigenvalue weighted by atomic mass is 16.3. The maximum Gasteiger partial charge on any atom is 0.143 e. The Labute approximate surface area is 369 Å². The molecule has 0 saturated carbocycles. The molecule has 0 radical (unpaired) electrons. The highest BCUT2D eigenvalue weighted by molar-refractivity contribution is 6.12. The fourth-order valence-corrected chi connectivity index (χ4v) is 10.0. The summed E-state index contributed by atoms with van der Waals surface area (Å²) in [6.45, 7) is 0. The average molecular weight is 818 g/mol. The van der Waals surface area contributed by atoms with E-state index in [0.717, 1.165) is 67.1 Å². The van der Waals surface area contributed by atoms with E-state index in [2.05, 4.69) is 238 Å². The van der Waals surface area contributed by atoms with Crippen molar-refractivity contribution in [3.05, 3.63) is 237 Å². The van der Waals surface area contributed by atoms with Gasteiger partial charge in [0.15, 0.2) is 0 Å². The van der Waals surface area contributed by atoms with Crippen LogP contribution in [0.1, 0.15) is 0 Å². The van der Waals surface area contributed by atoms with Crippen LogP contribution in [0.25, 0.3) is 99.2 Å². The highest BCUT2D eigenvalue weighted by Crippen LogP contribution is 2.42. The van der Waals surface area contributed by atoms with Crippen molar-refractivity contribution < 1.29 is 4.42 Å². The first-order valence-corrected chi connectivity index (χ1v) is 21.8. The number of hydrogen-bond donors (Lipinski definition) is 0. The first kappa shape index (κ1) is 36.1. The number of fused-ring (bicyclic) bond motifs is 9. The molecule has 0 unspecified atom stereocenters. The van der Waals surface area contributed by atoms with E-state index in [-0.39, 0.29) is 0 Å². The number of anilines is 3. The fourth-order valence-electron chi connectivity index (χ4n) is 10.0. The van der Waals surface area contributed by atoms with Gasteiger partial charge in [0.25, 0.3) is 0 Å². The summed E-state index contributed by atoms with van der Waals surface area (Å²) < 4.78 is 11.2. The molecule has 0 bridgehead atoms. The molecule has 3 aromatic heterocycles. The summed E-state index contributed by atoms with van der Waals surface area (Å²) in [5, 5.41) is 7.21. The maximum atomic E-state index is 6.48. The quantitative estimate of drug-likeness (QED) is 0.160. The van der Waals surface area contributed by atoms with E-state index in [1.165, 1.54) is 49.2 Å². The second kappa shape index (κ2) is 14.5. The normalized spacial score (nSPS) is 11.8. The van der Waals surface area contributed by atoms with Crippen LogP contribution in [0, 0.1) is 0 Å². The molecule has 0 fully saturated rings. The topological polar surface area (TPSA) is 26.2 Å². The molecule has 0 atom stereocenters. The van der Waals surface area contributed by atoms with Crippen LogP contribution in [-0.4, -0.2) is 9.13 Å². The molecule has 3 heterocycles. The monoisotopic (exact) mass is 817 g/mol. The Morgan fingerprint density at radius 1 is 0.297 bits per heavy atom. The van der Waals surface area contributed by atoms with Crippen LogP contribution in [0.4, 0.5) is 17.1 Å². The van der Waals surface area contributed by atoms with E-state index in [4.69, 9.17) is 4.42 Å². The zero-order chi connectivity index (χ0) is 42.1. The van der Waals surface area contributed by atoms with Crippen LogP contribution in [0.3, 0.4) is 0 Å². The fraction of sp³-hybridized carbons (Fsp3) is 0. The van der Waals surface area contributed by atoms with E-state index < -0.39 is 0 Å². The third-order valence-electron chi connectivity index (χ3n) is 12.9. The van der Waals surface area contributed by atoms with Crippen molar-refractivity contribution in [2.45, 2.75) is 0 Å². The molecule has 300 valence electrons. The Balaban J connectivity index is 0.968. The summed E-state index contributed by atoms with van der Waals surface area (Å²) in [6, 6.07) is 85.2. The Hall–Kier alpha value is -8.60. The van der Waals surface area contributed by atoms with Gasteiger partial charge in [-0.3, -0.25) is 0 Å². The van der Waals surface area contributed by atoms with Crippen LogP contribution >= 0.6 is 0 Å². The summed E-state index contributed by atoms with van der Waals surface area (Å²) in [5.41, 5.74) is 16.5.